The van der Waals surface area contributed by atoms with Crippen LogP contribution in [0.15, 0.2) is 27.7 Å². The second kappa shape index (κ2) is 7.22. The fourth-order valence-electron chi connectivity index (χ4n) is 1.57. The lowest BCUT2D eigenvalue weighted by Gasteiger charge is -2.07. The average Bonchev–Trinajstić information content (AvgIpc) is 2.77. The number of aryl methyl sites for hydroxylation is 3. The second-order valence-corrected chi connectivity index (χ2v) is 4.36. The van der Waals surface area contributed by atoms with Crippen LogP contribution in [0.4, 0.5) is 5.69 Å². The maximum atomic E-state index is 5.80. The molecule has 0 fully saturated rings. The summed E-state index contributed by atoms with van der Waals surface area (Å²) in [5.74, 6) is 1.36. The molecule has 108 valence electrons. The zero-order valence-corrected chi connectivity index (χ0v) is 14.0. The first-order chi connectivity index (χ1) is 9.04. The van der Waals surface area contributed by atoms with Crippen LogP contribution in [0.2, 0.25) is 0 Å². The Balaban J connectivity index is 0.00000200. The molecule has 7 heteroatoms. The minimum Gasteiger partial charge on any atom is -0.370 e. The van der Waals surface area contributed by atoms with Gasteiger partial charge in [-0.1, -0.05) is 11.2 Å². The normalized spacial score (nSPS) is 11.1. The number of guanidine groups is 1. The molecule has 1 heterocycles. The summed E-state index contributed by atoms with van der Waals surface area (Å²) in [7, 11) is 0. The third kappa shape index (κ3) is 4.48. The highest BCUT2D eigenvalue weighted by atomic mass is 127. The van der Waals surface area contributed by atoms with E-state index >= 15 is 0 Å². The molecule has 0 aliphatic rings. The first-order valence-electron chi connectivity index (χ1n) is 5.98. The van der Waals surface area contributed by atoms with E-state index in [0.717, 1.165) is 5.69 Å². The number of aliphatic imine (C=N–C) groups is 1. The van der Waals surface area contributed by atoms with Gasteiger partial charge in [0.05, 0.1) is 0 Å². The van der Waals surface area contributed by atoms with Crippen LogP contribution in [0.3, 0.4) is 0 Å². The largest absolute Gasteiger partial charge is 0.370 e. The van der Waals surface area contributed by atoms with Crippen molar-refractivity contribution in [2.45, 2.75) is 27.3 Å². The molecule has 6 nitrogen and oxygen atoms in total. The van der Waals surface area contributed by atoms with E-state index in [9.17, 15) is 0 Å². The van der Waals surface area contributed by atoms with E-state index in [1.54, 1.807) is 6.92 Å². The molecule has 0 bridgehead atoms. The molecule has 0 saturated carbocycles. The molecule has 0 saturated heterocycles. The van der Waals surface area contributed by atoms with Crippen molar-refractivity contribution in [1.82, 2.24) is 10.1 Å². The third-order valence-electron chi connectivity index (χ3n) is 2.74. The number of halogens is 1. The highest BCUT2D eigenvalue weighted by Crippen LogP contribution is 2.13. The van der Waals surface area contributed by atoms with Crippen LogP contribution in [0.5, 0.6) is 0 Å². The Morgan fingerprint density at radius 1 is 1.30 bits per heavy atom. The van der Waals surface area contributed by atoms with Gasteiger partial charge in [0.1, 0.15) is 6.54 Å². The molecule has 0 aliphatic carbocycles. The topological polar surface area (TPSA) is 89.3 Å². The van der Waals surface area contributed by atoms with Gasteiger partial charge in [0.25, 0.3) is 0 Å². The van der Waals surface area contributed by atoms with Crippen LogP contribution in [0.1, 0.15) is 22.8 Å². The third-order valence-corrected chi connectivity index (χ3v) is 2.74. The predicted octanol–water partition coefficient (Wildman–Crippen LogP) is 2.54. The molecule has 0 atom stereocenters. The molecule has 3 N–H and O–H groups in total. The highest BCUT2D eigenvalue weighted by molar-refractivity contribution is 14.0. The summed E-state index contributed by atoms with van der Waals surface area (Å²) in [5, 5.41) is 6.77. The van der Waals surface area contributed by atoms with Crippen molar-refractivity contribution in [3.05, 3.63) is 41.0 Å². The number of anilines is 1. The number of nitrogens with two attached hydrogens (primary N) is 1. The minimum absolute atomic E-state index is 0. The first-order valence-corrected chi connectivity index (χ1v) is 5.98. The van der Waals surface area contributed by atoms with Gasteiger partial charge in [0, 0.05) is 12.6 Å². The number of benzene rings is 1. The van der Waals surface area contributed by atoms with Gasteiger partial charge < -0.3 is 15.6 Å². The van der Waals surface area contributed by atoms with Crippen LogP contribution in [0, 0.1) is 20.8 Å². The van der Waals surface area contributed by atoms with Gasteiger partial charge in [0.2, 0.25) is 5.89 Å². The molecule has 1 aromatic carbocycles. The number of aromatic nitrogens is 2. The molecule has 0 aliphatic heterocycles. The lowest BCUT2D eigenvalue weighted by molar-refractivity contribution is 0.387. The van der Waals surface area contributed by atoms with E-state index < -0.39 is 0 Å². The summed E-state index contributed by atoms with van der Waals surface area (Å²) in [5.41, 5.74) is 9.15. The van der Waals surface area contributed by atoms with Crippen LogP contribution in [-0.4, -0.2) is 16.1 Å². The quantitative estimate of drug-likeness (QED) is 0.480. The Bertz CT molecular complexity index is 609. The highest BCUT2D eigenvalue weighted by Gasteiger charge is 2.02. The van der Waals surface area contributed by atoms with Gasteiger partial charge >= 0.3 is 0 Å². The van der Waals surface area contributed by atoms with Crippen molar-refractivity contribution in [2.75, 3.05) is 5.32 Å². The Morgan fingerprint density at radius 2 is 2.05 bits per heavy atom. The van der Waals surface area contributed by atoms with Crippen molar-refractivity contribution in [3.8, 4) is 0 Å². The van der Waals surface area contributed by atoms with Crippen molar-refractivity contribution < 1.29 is 4.52 Å². The van der Waals surface area contributed by atoms with E-state index in [2.05, 4.69) is 34.3 Å². The molecular formula is C13H18IN5O. The van der Waals surface area contributed by atoms with Gasteiger partial charge in [-0.2, -0.15) is 4.98 Å². The smallest absolute Gasteiger partial charge is 0.223 e. The monoisotopic (exact) mass is 387 g/mol. The SMILES string of the molecule is Cc1nc(CN=C(N)Nc2ccc(C)c(C)c2)no1.I. The summed E-state index contributed by atoms with van der Waals surface area (Å²) in [6, 6.07) is 6.02. The fraction of sp³-hybridized carbons (Fsp3) is 0.308. The van der Waals surface area contributed by atoms with Gasteiger partial charge in [-0.15, -0.1) is 24.0 Å². The lowest BCUT2D eigenvalue weighted by Crippen LogP contribution is -2.22. The number of nitrogens with zero attached hydrogens (tertiary/aromatic N) is 3. The zero-order chi connectivity index (χ0) is 13.8. The zero-order valence-electron chi connectivity index (χ0n) is 11.7. The molecule has 0 spiro atoms. The Morgan fingerprint density at radius 3 is 2.65 bits per heavy atom. The predicted molar refractivity (Wildman–Crippen MR) is 89.3 cm³/mol. The fourth-order valence-corrected chi connectivity index (χ4v) is 1.57. The second-order valence-electron chi connectivity index (χ2n) is 4.36. The maximum absolute atomic E-state index is 5.80. The molecule has 0 radical (unpaired) electrons. The van der Waals surface area contributed by atoms with Gasteiger partial charge in [-0.25, -0.2) is 4.99 Å². The van der Waals surface area contributed by atoms with Crippen molar-refractivity contribution >= 4 is 35.6 Å². The van der Waals surface area contributed by atoms with E-state index in [4.69, 9.17) is 10.3 Å². The van der Waals surface area contributed by atoms with Crippen LogP contribution < -0.4 is 11.1 Å². The molecule has 0 unspecified atom stereocenters. The van der Waals surface area contributed by atoms with Gasteiger partial charge in [-0.3, -0.25) is 0 Å². The Hall–Kier alpha value is -1.64. The van der Waals surface area contributed by atoms with E-state index in [-0.39, 0.29) is 24.0 Å². The van der Waals surface area contributed by atoms with Gasteiger partial charge in [-0.05, 0) is 37.1 Å². The number of nitrogens with one attached hydrogen (secondary N) is 1. The van der Waals surface area contributed by atoms with Crippen molar-refractivity contribution in [1.29, 1.82) is 0 Å². The van der Waals surface area contributed by atoms with Crippen LogP contribution in [-0.2, 0) is 6.54 Å². The molecule has 2 rings (SSSR count). The van der Waals surface area contributed by atoms with Gasteiger partial charge in [0.15, 0.2) is 11.8 Å². The van der Waals surface area contributed by atoms with E-state index in [0.29, 0.717) is 24.2 Å². The molecule has 2 aromatic rings. The molecular weight excluding hydrogens is 369 g/mol. The number of rotatable bonds is 3. The van der Waals surface area contributed by atoms with Crippen LogP contribution >= 0.6 is 24.0 Å². The van der Waals surface area contributed by atoms with Crippen LogP contribution in [0.25, 0.3) is 0 Å². The number of hydrogen-bond acceptors (Lipinski definition) is 4. The maximum Gasteiger partial charge on any atom is 0.223 e. The lowest BCUT2D eigenvalue weighted by atomic mass is 10.1. The summed E-state index contributed by atoms with van der Waals surface area (Å²) in [6.45, 7) is 6.14. The molecule has 20 heavy (non-hydrogen) atoms. The average molecular weight is 387 g/mol. The molecule has 0 amide bonds. The van der Waals surface area contributed by atoms with Crippen molar-refractivity contribution in [3.63, 3.8) is 0 Å². The van der Waals surface area contributed by atoms with E-state index in [1.807, 2.05) is 18.2 Å². The summed E-state index contributed by atoms with van der Waals surface area (Å²) in [4.78, 5) is 8.20. The first kappa shape index (κ1) is 16.4. The summed E-state index contributed by atoms with van der Waals surface area (Å²) in [6.07, 6.45) is 0. The number of hydrogen-bond donors (Lipinski definition) is 2. The standard InChI is InChI=1S/C13H17N5O.HI/c1-8-4-5-11(6-9(8)2)17-13(14)15-7-12-16-10(3)19-18-12;/h4-6H,7H2,1-3H3,(H3,14,15,17);1H. The molecule has 1 aromatic heterocycles. The summed E-state index contributed by atoms with van der Waals surface area (Å²) < 4.78 is 4.85. The van der Waals surface area contributed by atoms with E-state index in [1.165, 1.54) is 11.1 Å². The summed E-state index contributed by atoms with van der Waals surface area (Å²) >= 11 is 0. The van der Waals surface area contributed by atoms with Crippen molar-refractivity contribution in [2.24, 2.45) is 10.7 Å². The Labute approximate surface area is 134 Å². The minimum atomic E-state index is 0. The Kier molecular flexibility index (Phi) is 5.93.